The quantitative estimate of drug-likeness (QED) is 0.159. The summed E-state index contributed by atoms with van der Waals surface area (Å²) in [5.74, 6) is -0.0440. The highest BCUT2D eigenvalue weighted by molar-refractivity contribution is 8.03. The van der Waals surface area contributed by atoms with E-state index in [0.29, 0.717) is 0 Å². The predicted octanol–water partition coefficient (Wildman–Crippen LogP) is 9.62. The molecule has 1 aromatic heterocycles. The van der Waals surface area contributed by atoms with Crippen molar-refractivity contribution in [1.29, 1.82) is 0 Å². The molecule has 0 saturated heterocycles. The third-order valence-corrected chi connectivity index (χ3v) is 9.82. The maximum absolute atomic E-state index is 12.0. The van der Waals surface area contributed by atoms with E-state index < -0.39 is 12.0 Å². The molecule has 7 rings (SSSR count). The number of carbonyl (C=O) groups is 1. The van der Waals surface area contributed by atoms with Crippen molar-refractivity contribution in [3.8, 4) is 22.3 Å². The van der Waals surface area contributed by atoms with Crippen LogP contribution in [0.5, 0.6) is 0 Å². The van der Waals surface area contributed by atoms with Gasteiger partial charge >= 0.3 is 11.9 Å². The molecule has 0 aliphatic carbocycles. The molecule has 0 radical (unpaired) electrons. The van der Waals surface area contributed by atoms with Gasteiger partial charge in [0.05, 0.1) is 16.8 Å². The third kappa shape index (κ3) is 5.79. The summed E-state index contributed by atoms with van der Waals surface area (Å²) in [6.07, 6.45) is 2.16. The second-order valence-corrected chi connectivity index (χ2v) is 12.6. The molecular formula is C40H36N3O3S+. The van der Waals surface area contributed by atoms with E-state index >= 15 is 0 Å². The summed E-state index contributed by atoms with van der Waals surface area (Å²) in [5.41, 5.74) is 9.33. The molecule has 0 saturated carbocycles. The molecule has 7 heteroatoms. The van der Waals surface area contributed by atoms with E-state index in [4.69, 9.17) is 4.42 Å². The van der Waals surface area contributed by atoms with E-state index in [0.717, 1.165) is 57.6 Å². The topological polar surface area (TPSA) is 60.8 Å². The molecule has 6 nitrogen and oxygen atoms in total. The molecule has 0 amide bonds. The van der Waals surface area contributed by atoms with Crippen LogP contribution in [0, 0.1) is 0 Å². The highest BCUT2D eigenvalue weighted by atomic mass is 32.2. The highest BCUT2D eigenvalue weighted by Crippen LogP contribution is 2.48. The fourth-order valence-corrected chi connectivity index (χ4v) is 7.41. The summed E-state index contributed by atoms with van der Waals surface area (Å²) in [5, 5.41) is 10.9. The number of thioether (sulfide) groups is 1. The Bertz CT molecular complexity index is 2090. The lowest BCUT2D eigenvalue weighted by Crippen LogP contribution is -2.35. The van der Waals surface area contributed by atoms with Crippen molar-refractivity contribution in [2.45, 2.75) is 38.3 Å². The Kier molecular flexibility index (Phi) is 8.31. The van der Waals surface area contributed by atoms with Crippen molar-refractivity contribution in [3.05, 3.63) is 132 Å². The van der Waals surface area contributed by atoms with Crippen LogP contribution >= 0.6 is 11.8 Å². The maximum atomic E-state index is 12.0. The van der Waals surface area contributed by atoms with Crippen molar-refractivity contribution >= 4 is 52.0 Å². The van der Waals surface area contributed by atoms with Crippen molar-refractivity contribution < 1.29 is 18.9 Å². The largest absolute Gasteiger partial charge is 0.480 e. The van der Waals surface area contributed by atoms with E-state index in [1.165, 1.54) is 21.7 Å². The van der Waals surface area contributed by atoms with E-state index in [-0.39, 0.29) is 0 Å². The van der Waals surface area contributed by atoms with Crippen LogP contribution in [-0.4, -0.2) is 23.7 Å². The zero-order chi connectivity index (χ0) is 32.5. The number of para-hydroxylation sites is 1. The van der Waals surface area contributed by atoms with Gasteiger partial charge < -0.3 is 19.3 Å². The van der Waals surface area contributed by atoms with E-state index in [1.807, 2.05) is 53.4 Å². The monoisotopic (exact) mass is 638 g/mol. The molecule has 0 fully saturated rings. The van der Waals surface area contributed by atoms with Crippen LogP contribution in [0.4, 0.5) is 17.1 Å². The number of hydrogen-bond donors (Lipinski definition) is 1. The molecule has 234 valence electrons. The zero-order valence-corrected chi connectivity index (χ0v) is 27.4. The van der Waals surface area contributed by atoms with Crippen LogP contribution < -0.4 is 14.4 Å². The Morgan fingerprint density at radius 3 is 2.13 bits per heavy atom. The number of fused-ring (bicyclic) bond motifs is 2. The van der Waals surface area contributed by atoms with Crippen LogP contribution in [0.15, 0.2) is 136 Å². The SMILES string of the molecule is CCN1/C(=C/c2oc3ccc(-c4ccccc4)cc3[n+]2CC)Sc2ccc(-c3ccc(N(c4ccccc4)C(C)C(=O)O)cc3)cc21. The molecule has 1 aliphatic heterocycles. The van der Waals surface area contributed by atoms with Gasteiger partial charge in [-0.25, -0.2) is 4.79 Å². The summed E-state index contributed by atoms with van der Waals surface area (Å²) in [7, 11) is 0. The summed E-state index contributed by atoms with van der Waals surface area (Å²) in [6, 6.07) is 40.5. The summed E-state index contributed by atoms with van der Waals surface area (Å²) in [6.45, 7) is 7.64. The minimum atomic E-state index is -0.874. The van der Waals surface area contributed by atoms with Gasteiger partial charge in [-0.3, -0.25) is 0 Å². The number of hydrogen-bond acceptors (Lipinski definition) is 5. The van der Waals surface area contributed by atoms with E-state index in [2.05, 4.69) is 102 Å². The Balaban J connectivity index is 1.19. The minimum absolute atomic E-state index is 0.715. The first-order chi connectivity index (χ1) is 22.9. The fraction of sp³-hybridized carbons (Fsp3) is 0.150. The molecule has 1 atom stereocenters. The van der Waals surface area contributed by atoms with E-state index in [9.17, 15) is 9.90 Å². The van der Waals surface area contributed by atoms with Gasteiger partial charge in [-0.2, -0.15) is 4.57 Å². The first-order valence-corrected chi connectivity index (χ1v) is 16.8. The van der Waals surface area contributed by atoms with Gasteiger partial charge in [-0.15, -0.1) is 0 Å². The predicted molar refractivity (Wildman–Crippen MR) is 192 cm³/mol. The van der Waals surface area contributed by atoms with Crippen LogP contribution in [0.3, 0.4) is 0 Å². The average Bonchev–Trinajstić information content (AvgIpc) is 3.65. The van der Waals surface area contributed by atoms with Crippen LogP contribution in [-0.2, 0) is 11.3 Å². The molecule has 1 unspecified atom stereocenters. The van der Waals surface area contributed by atoms with Crippen LogP contribution in [0.25, 0.3) is 39.4 Å². The van der Waals surface area contributed by atoms with Crippen molar-refractivity contribution in [3.63, 3.8) is 0 Å². The first kappa shape index (κ1) is 30.4. The lowest BCUT2D eigenvalue weighted by molar-refractivity contribution is -0.674. The molecule has 5 aromatic carbocycles. The number of carboxylic acid groups (broad SMARTS) is 1. The maximum Gasteiger partial charge on any atom is 0.376 e. The third-order valence-electron chi connectivity index (χ3n) is 8.70. The van der Waals surface area contributed by atoms with Gasteiger partial charge in [0.15, 0.2) is 0 Å². The summed E-state index contributed by atoms with van der Waals surface area (Å²) < 4.78 is 8.67. The molecule has 0 spiro atoms. The number of aliphatic carboxylic acids is 1. The van der Waals surface area contributed by atoms with Crippen molar-refractivity contribution in [2.75, 3.05) is 16.3 Å². The van der Waals surface area contributed by atoms with Gasteiger partial charge in [-0.05, 0) is 85.5 Å². The standard InChI is InChI=1S/C40H35N3O3S/c1-4-41-34-24-30(28-12-8-6-9-13-28)18-22-36(34)46-38(41)26-39-42(5-2)35-25-31(19-23-37(35)47-39)29-16-20-33(21-17-29)43(27(3)40(44)45)32-14-10-7-11-15-32/h6-27H,4-5H2,1-3H3/p+1. The molecule has 47 heavy (non-hydrogen) atoms. The lowest BCUT2D eigenvalue weighted by Gasteiger charge is -2.29. The molecular weight excluding hydrogens is 603 g/mol. The number of rotatable bonds is 9. The highest BCUT2D eigenvalue weighted by Gasteiger charge is 2.29. The van der Waals surface area contributed by atoms with Gasteiger partial charge in [0.25, 0.3) is 5.52 Å². The lowest BCUT2D eigenvalue weighted by atomic mass is 10.0. The molecule has 6 aromatic rings. The number of aryl methyl sites for hydroxylation is 1. The van der Waals surface area contributed by atoms with Crippen LogP contribution in [0.1, 0.15) is 26.7 Å². The number of nitrogens with zero attached hydrogens (tertiary/aromatic N) is 3. The normalized spacial score (nSPS) is 14.0. The van der Waals surface area contributed by atoms with Gasteiger partial charge in [0.1, 0.15) is 12.6 Å². The Morgan fingerprint density at radius 2 is 1.45 bits per heavy atom. The second kappa shape index (κ2) is 12.9. The zero-order valence-electron chi connectivity index (χ0n) is 26.6. The van der Waals surface area contributed by atoms with Gasteiger partial charge in [0, 0.05) is 28.9 Å². The van der Waals surface area contributed by atoms with Gasteiger partial charge in [0.2, 0.25) is 5.58 Å². The summed E-state index contributed by atoms with van der Waals surface area (Å²) >= 11 is 1.76. The van der Waals surface area contributed by atoms with Crippen LogP contribution in [0.2, 0.25) is 0 Å². The number of oxazole rings is 1. The molecule has 2 heterocycles. The Labute approximate surface area is 279 Å². The molecule has 1 N–H and O–H groups in total. The molecule has 1 aliphatic rings. The number of benzene rings is 5. The number of anilines is 3. The Hall–Kier alpha value is -5.27. The van der Waals surface area contributed by atoms with E-state index in [1.54, 1.807) is 18.7 Å². The Morgan fingerprint density at radius 1 is 0.830 bits per heavy atom. The first-order valence-electron chi connectivity index (χ1n) is 16.0. The smallest absolute Gasteiger partial charge is 0.376 e. The molecule has 0 bridgehead atoms. The minimum Gasteiger partial charge on any atom is -0.480 e. The average molecular weight is 639 g/mol. The number of carboxylic acids is 1. The van der Waals surface area contributed by atoms with Gasteiger partial charge in [-0.1, -0.05) is 84.6 Å². The summed E-state index contributed by atoms with van der Waals surface area (Å²) in [4.78, 5) is 17.4. The van der Waals surface area contributed by atoms with Crippen molar-refractivity contribution in [2.24, 2.45) is 0 Å². The number of aromatic nitrogens is 1. The van der Waals surface area contributed by atoms with Crippen molar-refractivity contribution in [1.82, 2.24) is 0 Å². The second-order valence-electron chi connectivity index (χ2n) is 11.5. The fourth-order valence-electron chi connectivity index (χ4n) is 6.27.